The summed E-state index contributed by atoms with van der Waals surface area (Å²) >= 11 is 1.61. The van der Waals surface area contributed by atoms with Crippen LogP contribution in [0.3, 0.4) is 0 Å². The van der Waals surface area contributed by atoms with Gasteiger partial charge in [0.25, 0.3) is 0 Å². The second-order valence-electron chi connectivity index (χ2n) is 4.07. The van der Waals surface area contributed by atoms with Crippen molar-refractivity contribution in [2.24, 2.45) is 0 Å². The topological polar surface area (TPSA) is 29.5 Å². The van der Waals surface area contributed by atoms with Crippen LogP contribution in [-0.4, -0.2) is 11.7 Å². The van der Waals surface area contributed by atoms with E-state index in [1.807, 2.05) is 36.6 Å². The summed E-state index contributed by atoms with van der Waals surface area (Å²) in [6.07, 6.45) is 0.419. The zero-order valence-corrected chi connectivity index (χ0v) is 11.5. The van der Waals surface area contributed by atoms with Gasteiger partial charge in [0.15, 0.2) is 0 Å². The Kier molecular flexibility index (Phi) is 4.39. The van der Waals surface area contributed by atoms with Crippen molar-refractivity contribution in [1.82, 2.24) is 0 Å². The molecule has 2 nitrogen and oxygen atoms in total. The molecule has 1 aromatic carbocycles. The Morgan fingerprint density at radius 2 is 1.89 bits per heavy atom. The average Bonchev–Trinajstić information content (AvgIpc) is 2.87. The summed E-state index contributed by atoms with van der Waals surface area (Å²) in [5.74, 6) is 0.843. The van der Waals surface area contributed by atoms with Gasteiger partial charge in [0, 0.05) is 4.88 Å². The summed E-state index contributed by atoms with van der Waals surface area (Å²) in [5, 5.41) is 12.4. The normalized spacial score (nSPS) is 12.4. The Hall–Kier alpha value is -1.32. The molecule has 1 atom stereocenters. The summed E-state index contributed by atoms with van der Waals surface area (Å²) < 4.78 is 5.40. The number of rotatable bonds is 5. The summed E-state index contributed by atoms with van der Waals surface area (Å²) in [7, 11) is 0. The maximum Gasteiger partial charge on any atom is 0.119 e. The van der Waals surface area contributed by atoms with E-state index in [1.165, 1.54) is 5.56 Å². The zero-order valence-electron chi connectivity index (χ0n) is 10.7. The molecule has 3 heteroatoms. The fraction of sp³-hybridized carbons (Fsp3) is 0.333. The molecule has 0 fully saturated rings. The predicted octanol–water partition coefficient (Wildman–Crippen LogP) is 3.79. The Morgan fingerprint density at radius 3 is 2.50 bits per heavy atom. The molecule has 1 heterocycles. The number of aliphatic hydroxyl groups is 1. The van der Waals surface area contributed by atoms with Crippen LogP contribution >= 0.6 is 11.3 Å². The summed E-state index contributed by atoms with van der Waals surface area (Å²) in [4.78, 5) is 1.04. The molecule has 2 aromatic rings. The third-order valence-electron chi connectivity index (χ3n) is 2.92. The van der Waals surface area contributed by atoms with Crippen LogP contribution in [0.2, 0.25) is 0 Å². The molecule has 1 unspecified atom stereocenters. The van der Waals surface area contributed by atoms with Crippen LogP contribution in [0, 0.1) is 0 Å². The minimum absolute atomic E-state index is 0.532. The second kappa shape index (κ2) is 6.03. The number of hydrogen-bond donors (Lipinski definition) is 1. The van der Waals surface area contributed by atoms with Gasteiger partial charge in [0.2, 0.25) is 0 Å². The highest BCUT2D eigenvalue weighted by Crippen LogP contribution is 2.30. The van der Waals surface area contributed by atoms with E-state index >= 15 is 0 Å². The fourth-order valence-corrected chi connectivity index (χ4v) is 2.95. The van der Waals surface area contributed by atoms with Gasteiger partial charge in [-0.25, -0.2) is 0 Å². The maximum absolute atomic E-state index is 10.4. The summed E-state index contributed by atoms with van der Waals surface area (Å²) in [6.45, 7) is 4.73. The van der Waals surface area contributed by atoms with Crippen LogP contribution in [0.5, 0.6) is 5.75 Å². The molecule has 0 aliphatic rings. The molecule has 0 amide bonds. The lowest BCUT2D eigenvalue weighted by Crippen LogP contribution is -2.00. The molecule has 18 heavy (non-hydrogen) atoms. The zero-order chi connectivity index (χ0) is 13.0. The molecular weight excluding hydrogens is 244 g/mol. The smallest absolute Gasteiger partial charge is 0.119 e. The van der Waals surface area contributed by atoms with Gasteiger partial charge in [-0.2, -0.15) is 0 Å². The van der Waals surface area contributed by atoms with Gasteiger partial charge in [-0.3, -0.25) is 0 Å². The lowest BCUT2D eigenvalue weighted by atomic mass is 10.0. The van der Waals surface area contributed by atoms with Gasteiger partial charge in [-0.15, -0.1) is 11.3 Å². The van der Waals surface area contributed by atoms with Crippen LogP contribution in [-0.2, 0) is 6.42 Å². The van der Waals surface area contributed by atoms with Crippen molar-refractivity contribution in [3.8, 4) is 5.75 Å². The second-order valence-corrected chi connectivity index (χ2v) is 5.02. The molecule has 0 saturated heterocycles. The fourth-order valence-electron chi connectivity index (χ4n) is 1.94. The number of hydrogen-bond acceptors (Lipinski definition) is 3. The Bertz CT molecular complexity index is 487. The average molecular weight is 262 g/mol. The number of thiophene rings is 1. The van der Waals surface area contributed by atoms with Crippen LogP contribution in [0.4, 0.5) is 0 Å². The first-order valence-corrected chi connectivity index (χ1v) is 7.11. The molecule has 0 aliphatic heterocycles. The van der Waals surface area contributed by atoms with E-state index in [0.717, 1.165) is 22.6 Å². The van der Waals surface area contributed by atoms with Gasteiger partial charge in [0.05, 0.1) is 6.61 Å². The van der Waals surface area contributed by atoms with Crippen molar-refractivity contribution >= 4 is 11.3 Å². The van der Waals surface area contributed by atoms with Crippen LogP contribution in [0.15, 0.2) is 35.7 Å². The maximum atomic E-state index is 10.4. The molecule has 0 bridgehead atoms. The molecular formula is C15H18O2S. The van der Waals surface area contributed by atoms with Gasteiger partial charge in [0.1, 0.15) is 11.9 Å². The van der Waals surface area contributed by atoms with Gasteiger partial charge in [-0.05, 0) is 48.1 Å². The molecule has 1 N–H and O–H groups in total. The first kappa shape index (κ1) is 13.1. The van der Waals surface area contributed by atoms with Gasteiger partial charge >= 0.3 is 0 Å². The minimum Gasteiger partial charge on any atom is -0.494 e. The largest absolute Gasteiger partial charge is 0.494 e. The predicted molar refractivity (Wildman–Crippen MR) is 75.4 cm³/mol. The molecule has 0 saturated carbocycles. The Labute approximate surface area is 112 Å². The number of ether oxygens (including phenoxy) is 1. The molecule has 0 radical (unpaired) electrons. The quantitative estimate of drug-likeness (QED) is 0.888. The number of aliphatic hydroxyl groups excluding tert-OH is 1. The van der Waals surface area contributed by atoms with E-state index < -0.39 is 6.10 Å². The summed E-state index contributed by atoms with van der Waals surface area (Å²) in [5.41, 5.74) is 2.14. The molecule has 2 rings (SSSR count). The van der Waals surface area contributed by atoms with E-state index in [-0.39, 0.29) is 0 Å². The molecule has 96 valence electrons. The Morgan fingerprint density at radius 1 is 1.17 bits per heavy atom. The Balaban J connectivity index is 2.20. The van der Waals surface area contributed by atoms with Crippen molar-refractivity contribution in [3.63, 3.8) is 0 Å². The highest BCUT2D eigenvalue weighted by molar-refractivity contribution is 7.10. The number of benzene rings is 1. The molecule has 0 aliphatic carbocycles. The van der Waals surface area contributed by atoms with Gasteiger partial charge in [-0.1, -0.05) is 19.1 Å². The monoisotopic (exact) mass is 262 g/mol. The van der Waals surface area contributed by atoms with Crippen LogP contribution in [0.25, 0.3) is 0 Å². The highest BCUT2D eigenvalue weighted by Gasteiger charge is 2.15. The van der Waals surface area contributed by atoms with E-state index in [4.69, 9.17) is 4.74 Å². The lowest BCUT2D eigenvalue weighted by Gasteiger charge is -2.12. The van der Waals surface area contributed by atoms with Crippen molar-refractivity contribution < 1.29 is 9.84 Å². The van der Waals surface area contributed by atoms with Crippen LogP contribution in [0.1, 0.15) is 36.0 Å². The highest BCUT2D eigenvalue weighted by atomic mass is 32.1. The van der Waals surface area contributed by atoms with Crippen molar-refractivity contribution in [2.75, 3.05) is 6.61 Å². The standard InChI is InChI=1S/C15H18O2S/c1-3-11-9-10-18-15(11)14(16)12-5-7-13(8-6-12)17-4-2/h5-10,14,16H,3-4H2,1-2H3. The van der Waals surface area contributed by atoms with Crippen molar-refractivity contribution in [1.29, 1.82) is 0 Å². The van der Waals surface area contributed by atoms with Crippen molar-refractivity contribution in [3.05, 3.63) is 51.7 Å². The van der Waals surface area contributed by atoms with E-state index in [9.17, 15) is 5.11 Å². The van der Waals surface area contributed by atoms with E-state index in [1.54, 1.807) is 11.3 Å². The third-order valence-corrected chi connectivity index (χ3v) is 3.93. The third kappa shape index (κ3) is 2.74. The van der Waals surface area contributed by atoms with Crippen LogP contribution < -0.4 is 4.74 Å². The van der Waals surface area contributed by atoms with E-state index in [2.05, 4.69) is 13.0 Å². The summed E-state index contributed by atoms with van der Waals surface area (Å²) in [6, 6.07) is 9.74. The molecule has 0 spiro atoms. The first-order chi connectivity index (χ1) is 8.76. The number of aryl methyl sites for hydroxylation is 1. The minimum atomic E-state index is -0.532. The first-order valence-electron chi connectivity index (χ1n) is 6.23. The molecule has 1 aromatic heterocycles. The van der Waals surface area contributed by atoms with E-state index in [0.29, 0.717) is 6.61 Å². The lowest BCUT2D eigenvalue weighted by molar-refractivity contribution is 0.223. The van der Waals surface area contributed by atoms with Crippen molar-refractivity contribution in [2.45, 2.75) is 26.4 Å². The SMILES string of the molecule is CCOc1ccc(C(O)c2sccc2CC)cc1. The van der Waals surface area contributed by atoms with Gasteiger partial charge < -0.3 is 9.84 Å².